The molecule has 2 aliphatic rings. The molecule has 0 bridgehead atoms. The van der Waals surface area contributed by atoms with E-state index in [-0.39, 0.29) is 17.6 Å². The highest BCUT2D eigenvalue weighted by Crippen LogP contribution is 2.39. The standard InChI is InChI=1S/C18H15N5O3/c1-11-4-5-12(8-13(11)19-2)26-15-9-14(20-10-21-15)23-16(24)18(6-3-7-18)22-17(23)25/h4-5,8-10H,3,6-7H2,1H3,(H,22,25). The van der Waals surface area contributed by atoms with Gasteiger partial charge in [0, 0.05) is 6.07 Å². The Labute approximate surface area is 149 Å². The number of aryl methyl sites for hydroxylation is 1. The average Bonchev–Trinajstić information content (AvgIpc) is 2.88. The summed E-state index contributed by atoms with van der Waals surface area (Å²) in [6, 6.07) is 6.07. The zero-order valence-corrected chi connectivity index (χ0v) is 14.0. The third kappa shape index (κ3) is 2.45. The van der Waals surface area contributed by atoms with Crippen LogP contribution in [-0.2, 0) is 4.79 Å². The van der Waals surface area contributed by atoms with Crippen molar-refractivity contribution >= 4 is 23.4 Å². The molecule has 1 saturated carbocycles. The van der Waals surface area contributed by atoms with Gasteiger partial charge in [0.1, 0.15) is 17.6 Å². The largest absolute Gasteiger partial charge is 0.440 e. The number of anilines is 1. The summed E-state index contributed by atoms with van der Waals surface area (Å²) in [5.74, 6) is 0.506. The lowest BCUT2D eigenvalue weighted by Crippen LogP contribution is -2.52. The maximum atomic E-state index is 12.6. The molecule has 2 fully saturated rings. The van der Waals surface area contributed by atoms with Crippen LogP contribution in [0.2, 0.25) is 0 Å². The number of amides is 3. The number of urea groups is 1. The smallest absolute Gasteiger partial charge is 0.330 e. The predicted molar refractivity (Wildman–Crippen MR) is 92.1 cm³/mol. The molecule has 0 radical (unpaired) electrons. The van der Waals surface area contributed by atoms with Crippen LogP contribution in [0, 0.1) is 13.5 Å². The Hall–Kier alpha value is -3.47. The van der Waals surface area contributed by atoms with E-state index in [0.29, 0.717) is 24.3 Å². The summed E-state index contributed by atoms with van der Waals surface area (Å²) in [5, 5.41) is 2.76. The van der Waals surface area contributed by atoms with Crippen LogP contribution in [0.25, 0.3) is 4.85 Å². The van der Waals surface area contributed by atoms with Gasteiger partial charge in [0.2, 0.25) is 5.88 Å². The first-order chi connectivity index (χ1) is 12.5. The zero-order valence-electron chi connectivity index (χ0n) is 14.0. The van der Waals surface area contributed by atoms with Gasteiger partial charge in [-0.3, -0.25) is 4.79 Å². The predicted octanol–water partition coefficient (Wildman–Crippen LogP) is 3.11. The molecule has 8 nitrogen and oxygen atoms in total. The number of rotatable bonds is 3. The molecule has 0 unspecified atom stereocenters. The first-order valence-electron chi connectivity index (χ1n) is 8.17. The highest BCUT2D eigenvalue weighted by Gasteiger charge is 2.55. The number of aromatic nitrogens is 2. The molecule has 1 saturated heterocycles. The Balaban J connectivity index is 1.60. The minimum absolute atomic E-state index is 0.166. The minimum atomic E-state index is -0.773. The molecule has 3 amide bonds. The second-order valence-electron chi connectivity index (χ2n) is 6.38. The summed E-state index contributed by atoms with van der Waals surface area (Å²) in [6.45, 7) is 9.01. The molecule has 2 heterocycles. The molecule has 8 heteroatoms. The molecule has 1 N–H and O–H groups in total. The summed E-state index contributed by atoms with van der Waals surface area (Å²) in [4.78, 5) is 37.4. The monoisotopic (exact) mass is 349 g/mol. The van der Waals surface area contributed by atoms with Crippen LogP contribution >= 0.6 is 0 Å². The van der Waals surface area contributed by atoms with Crippen LogP contribution < -0.4 is 15.0 Å². The van der Waals surface area contributed by atoms with Crippen LogP contribution in [0.5, 0.6) is 11.6 Å². The third-order valence-electron chi connectivity index (χ3n) is 4.75. The number of carbonyl (C=O) groups is 2. The fourth-order valence-corrected chi connectivity index (χ4v) is 3.10. The van der Waals surface area contributed by atoms with Crippen molar-refractivity contribution in [2.24, 2.45) is 0 Å². The van der Waals surface area contributed by atoms with Crippen molar-refractivity contribution in [1.29, 1.82) is 0 Å². The third-order valence-corrected chi connectivity index (χ3v) is 4.75. The molecule has 1 spiro atoms. The van der Waals surface area contributed by atoms with Gasteiger partial charge >= 0.3 is 6.03 Å². The summed E-state index contributed by atoms with van der Waals surface area (Å²) in [6.07, 6.45) is 3.44. The minimum Gasteiger partial charge on any atom is -0.440 e. The van der Waals surface area contributed by atoms with Crippen molar-refractivity contribution in [2.45, 2.75) is 31.7 Å². The number of nitrogens with one attached hydrogen (secondary N) is 1. The zero-order chi connectivity index (χ0) is 18.3. The first kappa shape index (κ1) is 16.0. The second kappa shape index (κ2) is 5.81. The maximum absolute atomic E-state index is 12.6. The van der Waals surface area contributed by atoms with E-state index in [2.05, 4.69) is 20.1 Å². The molecule has 130 valence electrons. The lowest BCUT2D eigenvalue weighted by Gasteiger charge is -2.34. The van der Waals surface area contributed by atoms with Crippen LogP contribution in [0.4, 0.5) is 16.3 Å². The van der Waals surface area contributed by atoms with Crippen molar-refractivity contribution in [3.05, 3.63) is 47.6 Å². The molecule has 2 aromatic rings. The number of carbonyl (C=O) groups excluding carboxylic acids is 2. The van der Waals surface area contributed by atoms with E-state index in [1.54, 1.807) is 18.2 Å². The second-order valence-corrected chi connectivity index (χ2v) is 6.38. The van der Waals surface area contributed by atoms with Crippen LogP contribution in [0.1, 0.15) is 24.8 Å². The van der Waals surface area contributed by atoms with Crippen molar-refractivity contribution in [3.63, 3.8) is 0 Å². The van der Waals surface area contributed by atoms with E-state index in [9.17, 15) is 9.59 Å². The Morgan fingerprint density at radius 1 is 1.27 bits per heavy atom. The molecule has 0 atom stereocenters. The highest BCUT2D eigenvalue weighted by molar-refractivity contribution is 6.23. The van der Waals surface area contributed by atoms with Crippen molar-refractivity contribution in [2.75, 3.05) is 4.90 Å². The van der Waals surface area contributed by atoms with E-state index in [1.807, 2.05) is 6.92 Å². The quantitative estimate of drug-likeness (QED) is 0.679. The van der Waals surface area contributed by atoms with E-state index in [1.165, 1.54) is 12.4 Å². The van der Waals surface area contributed by atoms with Gasteiger partial charge in [-0.1, -0.05) is 6.07 Å². The van der Waals surface area contributed by atoms with E-state index in [0.717, 1.165) is 16.9 Å². The van der Waals surface area contributed by atoms with Gasteiger partial charge in [-0.15, -0.1) is 0 Å². The summed E-state index contributed by atoms with van der Waals surface area (Å²) < 4.78 is 5.67. The number of nitrogens with zero attached hydrogens (tertiary/aromatic N) is 4. The van der Waals surface area contributed by atoms with E-state index in [4.69, 9.17) is 11.3 Å². The summed E-state index contributed by atoms with van der Waals surface area (Å²) in [5.41, 5.74) is 0.559. The number of ether oxygens (including phenoxy) is 1. The van der Waals surface area contributed by atoms with Crippen molar-refractivity contribution < 1.29 is 14.3 Å². The molecule has 26 heavy (non-hydrogen) atoms. The number of hydrogen-bond acceptors (Lipinski definition) is 5. The fraction of sp³-hybridized carbons (Fsp3) is 0.278. The van der Waals surface area contributed by atoms with E-state index < -0.39 is 11.6 Å². The van der Waals surface area contributed by atoms with Crippen molar-refractivity contribution in [3.8, 4) is 11.6 Å². The Morgan fingerprint density at radius 3 is 2.73 bits per heavy atom. The van der Waals surface area contributed by atoms with Gasteiger partial charge in [0.25, 0.3) is 5.91 Å². The SMILES string of the molecule is [C-]#[N+]c1cc(Oc2cc(N3C(=O)NC4(CCC4)C3=O)ncn2)ccc1C. The molecule has 1 aliphatic carbocycles. The average molecular weight is 349 g/mol. The maximum Gasteiger partial charge on any atom is 0.330 e. The number of hydrogen-bond donors (Lipinski definition) is 1. The normalized spacial score (nSPS) is 17.6. The molecule has 1 aromatic heterocycles. The Morgan fingerprint density at radius 2 is 2.08 bits per heavy atom. The van der Waals surface area contributed by atoms with Gasteiger partial charge < -0.3 is 10.1 Å². The lowest BCUT2D eigenvalue weighted by molar-refractivity contribution is -0.124. The molecule has 4 rings (SSSR count). The van der Waals surface area contributed by atoms with Crippen LogP contribution in [0.3, 0.4) is 0 Å². The Bertz CT molecular complexity index is 962. The molecular weight excluding hydrogens is 334 g/mol. The number of imide groups is 1. The lowest BCUT2D eigenvalue weighted by atomic mass is 9.77. The fourth-order valence-electron chi connectivity index (χ4n) is 3.10. The van der Waals surface area contributed by atoms with Crippen LogP contribution in [0.15, 0.2) is 30.6 Å². The number of benzene rings is 1. The molecule has 1 aliphatic heterocycles. The van der Waals surface area contributed by atoms with Crippen molar-refractivity contribution in [1.82, 2.24) is 15.3 Å². The highest BCUT2D eigenvalue weighted by atomic mass is 16.5. The van der Waals surface area contributed by atoms with Gasteiger partial charge in [-0.05, 0) is 43.9 Å². The molecular formula is C18H15N5O3. The van der Waals surface area contributed by atoms with E-state index >= 15 is 0 Å². The first-order valence-corrected chi connectivity index (χ1v) is 8.17. The van der Waals surface area contributed by atoms with Gasteiger partial charge in [0.05, 0.1) is 6.57 Å². The van der Waals surface area contributed by atoms with Crippen LogP contribution in [-0.4, -0.2) is 27.4 Å². The summed E-state index contributed by atoms with van der Waals surface area (Å²) >= 11 is 0. The van der Waals surface area contributed by atoms with Gasteiger partial charge in [0.15, 0.2) is 11.5 Å². The Kier molecular flexibility index (Phi) is 3.58. The van der Waals surface area contributed by atoms with Gasteiger partial charge in [-0.25, -0.2) is 24.5 Å². The van der Waals surface area contributed by atoms with Gasteiger partial charge in [-0.2, -0.15) is 0 Å². The molecule has 1 aromatic carbocycles. The summed E-state index contributed by atoms with van der Waals surface area (Å²) in [7, 11) is 0. The topological polar surface area (TPSA) is 88.8 Å².